The van der Waals surface area contributed by atoms with Gasteiger partial charge < -0.3 is 24.4 Å². The topological polar surface area (TPSA) is 103 Å². The van der Waals surface area contributed by atoms with E-state index in [9.17, 15) is 14.2 Å². The Morgan fingerprint density at radius 3 is 2.24 bits per heavy atom. The third-order valence-corrected chi connectivity index (χ3v) is 5.58. The molecule has 0 aromatic carbocycles. The van der Waals surface area contributed by atoms with Crippen molar-refractivity contribution >= 4 is 19.3 Å². The lowest BCUT2D eigenvalue weighted by atomic mass is 10.0. The van der Waals surface area contributed by atoms with E-state index in [4.69, 9.17) is 13.8 Å². The molecule has 25 heavy (non-hydrogen) atoms. The molecule has 2 N–H and O–H groups in total. The molecule has 0 radical (unpaired) electrons. The van der Waals surface area contributed by atoms with Crippen molar-refractivity contribution in [3.63, 3.8) is 0 Å². The molecule has 2 amide bonds. The summed E-state index contributed by atoms with van der Waals surface area (Å²) in [5.74, 6) is 0.0492. The summed E-state index contributed by atoms with van der Waals surface area (Å²) in [4.78, 5) is 24.1. The van der Waals surface area contributed by atoms with Crippen molar-refractivity contribution in [3.05, 3.63) is 0 Å². The first kappa shape index (κ1) is 21.9. The van der Waals surface area contributed by atoms with Crippen LogP contribution in [0.4, 0.5) is 9.59 Å². The van der Waals surface area contributed by atoms with Crippen LogP contribution in [-0.4, -0.2) is 43.1 Å². The third kappa shape index (κ3) is 7.34. The Hall–Kier alpha value is -1.11. The zero-order valence-electron chi connectivity index (χ0n) is 15.8. The quantitative estimate of drug-likeness (QED) is 0.625. The van der Waals surface area contributed by atoms with Gasteiger partial charge in [0.05, 0.1) is 13.2 Å². The third-order valence-electron chi connectivity index (χ3n) is 3.72. The highest BCUT2D eigenvalue weighted by atomic mass is 31.2. The van der Waals surface area contributed by atoms with Crippen LogP contribution in [0.5, 0.6) is 0 Å². The van der Waals surface area contributed by atoms with Crippen LogP contribution >= 0.6 is 7.60 Å². The highest BCUT2D eigenvalue weighted by molar-refractivity contribution is 7.71. The monoisotopic (exact) mass is 378 g/mol. The van der Waals surface area contributed by atoms with E-state index in [-0.39, 0.29) is 25.2 Å². The number of amides is 2. The molecule has 1 saturated carbocycles. The minimum Gasteiger partial charge on any atom is -0.444 e. The van der Waals surface area contributed by atoms with Gasteiger partial charge in [-0.3, -0.25) is 4.79 Å². The van der Waals surface area contributed by atoms with Crippen molar-refractivity contribution in [1.82, 2.24) is 10.6 Å². The smallest absolute Gasteiger partial charge is 0.418 e. The zero-order chi connectivity index (χ0) is 19.1. The predicted octanol–water partition coefficient (Wildman–Crippen LogP) is 3.66. The number of nitrogens with one attached hydrogen (secondary N) is 2. The lowest BCUT2D eigenvalue weighted by molar-refractivity contribution is 0.0493. The number of alkyl carbamates (subject to hydrolysis) is 1. The Morgan fingerprint density at radius 2 is 1.72 bits per heavy atom. The molecule has 146 valence electrons. The van der Waals surface area contributed by atoms with Gasteiger partial charge in [-0.15, -0.1) is 0 Å². The molecule has 0 aliphatic heterocycles. The van der Waals surface area contributed by atoms with Gasteiger partial charge in [0.15, 0.2) is 0 Å². The summed E-state index contributed by atoms with van der Waals surface area (Å²) in [6.45, 7) is 9.25. The van der Waals surface area contributed by atoms with Gasteiger partial charge in [-0.05, 0) is 53.4 Å². The maximum atomic E-state index is 12.4. The molecule has 0 aromatic heterocycles. The number of ether oxygens (including phenoxy) is 1. The average Bonchev–Trinajstić information content (AvgIpc) is 2.90. The Bertz CT molecular complexity index is 495. The molecule has 9 heteroatoms. The van der Waals surface area contributed by atoms with Crippen molar-refractivity contribution < 1.29 is 27.9 Å². The normalized spacial score (nSPS) is 21.0. The van der Waals surface area contributed by atoms with E-state index in [1.54, 1.807) is 34.6 Å². The Balaban J connectivity index is 2.56. The fourth-order valence-electron chi connectivity index (χ4n) is 2.74. The summed E-state index contributed by atoms with van der Waals surface area (Å²) in [6.07, 6.45) is 2.14. The van der Waals surface area contributed by atoms with E-state index < -0.39 is 24.9 Å². The van der Waals surface area contributed by atoms with Gasteiger partial charge in [0.2, 0.25) is 0 Å². The van der Waals surface area contributed by atoms with Crippen LogP contribution in [0.25, 0.3) is 0 Å². The van der Waals surface area contributed by atoms with Crippen molar-refractivity contribution in [2.45, 2.75) is 65.5 Å². The standard InChI is InChI=1S/C16H31N2O6P/c1-6-22-25(21,23-7-2)15(20)17-11-12-9-8-10-13(12)18-14(19)24-16(3,4)5/h12-13H,6-11H2,1-5H3,(H,17,20)(H,18,19)/t12-,13-/m0/s1. The fourth-order valence-corrected chi connectivity index (χ4v) is 4.01. The lowest BCUT2D eigenvalue weighted by Gasteiger charge is -2.25. The molecule has 1 aliphatic carbocycles. The molecule has 2 atom stereocenters. The fraction of sp³-hybridized carbons (Fsp3) is 0.875. The minimum atomic E-state index is -3.80. The van der Waals surface area contributed by atoms with E-state index in [1.165, 1.54) is 0 Å². The second kappa shape index (κ2) is 9.55. The Morgan fingerprint density at radius 1 is 1.12 bits per heavy atom. The van der Waals surface area contributed by atoms with E-state index in [2.05, 4.69) is 10.6 Å². The number of hydrogen-bond donors (Lipinski definition) is 2. The Labute approximate surface area is 149 Å². The summed E-state index contributed by atoms with van der Waals surface area (Å²) >= 11 is 0. The van der Waals surface area contributed by atoms with E-state index >= 15 is 0 Å². The second-order valence-electron chi connectivity index (χ2n) is 6.96. The molecular formula is C16H31N2O6P. The largest absolute Gasteiger partial charge is 0.444 e. The molecule has 0 aromatic rings. The van der Waals surface area contributed by atoms with Crippen LogP contribution in [0, 0.1) is 5.92 Å². The van der Waals surface area contributed by atoms with Crippen LogP contribution in [0.3, 0.4) is 0 Å². The maximum Gasteiger partial charge on any atom is 0.418 e. The van der Waals surface area contributed by atoms with E-state index in [0.29, 0.717) is 6.54 Å². The first-order valence-corrected chi connectivity index (χ1v) is 10.3. The van der Waals surface area contributed by atoms with Gasteiger partial charge in [0, 0.05) is 12.6 Å². The zero-order valence-corrected chi connectivity index (χ0v) is 16.7. The van der Waals surface area contributed by atoms with Gasteiger partial charge in [-0.1, -0.05) is 6.42 Å². The summed E-state index contributed by atoms with van der Waals surface area (Å²) < 4.78 is 27.7. The van der Waals surface area contributed by atoms with Crippen LogP contribution in [0.15, 0.2) is 0 Å². The Kier molecular flexibility index (Phi) is 8.38. The molecule has 0 heterocycles. The average molecular weight is 378 g/mol. The minimum absolute atomic E-state index is 0.0492. The van der Waals surface area contributed by atoms with Gasteiger partial charge in [0.25, 0.3) is 0 Å². The van der Waals surface area contributed by atoms with Crippen LogP contribution in [0.1, 0.15) is 53.9 Å². The molecule has 1 aliphatic rings. The first-order valence-electron chi connectivity index (χ1n) is 8.78. The summed E-state index contributed by atoms with van der Waals surface area (Å²) in [7, 11) is -3.80. The molecule has 0 unspecified atom stereocenters. The lowest BCUT2D eigenvalue weighted by Crippen LogP contribution is -2.44. The predicted molar refractivity (Wildman–Crippen MR) is 94.8 cm³/mol. The summed E-state index contributed by atoms with van der Waals surface area (Å²) in [5, 5.41) is 5.50. The van der Waals surface area contributed by atoms with Crippen LogP contribution in [0.2, 0.25) is 0 Å². The molecule has 0 saturated heterocycles. The van der Waals surface area contributed by atoms with Crippen molar-refractivity contribution in [2.24, 2.45) is 5.92 Å². The number of hydrogen-bond acceptors (Lipinski definition) is 6. The van der Waals surface area contributed by atoms with E-state index in [0.717, 1.165) is 19.3 Å². The SMILES string of the molecule is CCOP(=O)(OCC)C(=O)NC[C@@H]1CCC[C@@H]1NC(=O)OC(C)(C)C. The molecule has 8 nitrogen and oxygen atoms in total. The van der Waals surface area contributed by atoms with Crippen molar-refractivity contribution in [3.8, 4) is 0 Å². The molecule has 0 bridgehead atoms. The van der Waals surface area contributed by atoms with Gasteiger partial charge in [0.1, 0.15) is 5.60 Å². The summed E-state index contributed by atoms with van der Waals surface area (Å²) in [5.41, 5.74) is -1.30. The molecule has 1 rings (SSSR count). The number of rotatable bonds is 8. The van der Waals surface area contributed by atoms with E-state index in [1.807, 2.05) is 0 Å². The molecule has 1 fully saturated rings. The van der Waals surface area contributed by atoms with Gasteiger partial charge >= 0.3 is 19.3 Å². The van der Waals surface area contributed by atoms with Crippen LogP contribution < -0.4 is 10.6 Å². The van der Waals surface area contributed by atoms with Gasteiger partial charge in [-0.25, -0.2) is 9.36 Å². The second-order valence-corrected chi connectivity index (χ2v) is 8.88. The molecule has 0 spiro atoms. The highest BCUT2D eigenvalue weighted by Crippen LogP contribution is 2.48. The molecular weight excluding hydrogens is 347 g/mol. The van der Waals surface area contributed by atoms with Gasteiger partial charge in [-0.2, -0.15) is 0 Å². The highest BCUT2D eigenvalue weighted by Gasteiger charge is 2.36. The first-order chi connectivity index (χ1) is 11.6. The van der Waals surface area contributed by atoms with Crippen LogP contribution in [-0.2, 0) is 18.3 Å². The van der Waals surface area contributed by atoms with Crippen molar-refractivity contribution in [2.75, 3.05) is 19.8 Å². The number of carbonyl (C=O) groups excluding carboxylic acids is 2. The summed E-state index contributed by atoms with van der Waals surface area (Å²) in [6, 6.07) is -0.0891. The maximum absolute atomic E-state index is 12.4. The van der Waals surface area contributed by atoms with Crippen molar-refractivity contribution in [1.29, 1.82) is 0 Å². The number of carbonyl (C=O) groups is 2.